The fourth-order valence-electron chi connectivity index (χ4n) is 4.27. The summed E-state index contributed by atoms with van der Waals surface area (Å²) in [5.41, 5.74) is 3.04. The van der Waals surface area contributed by atoms with E-state index in [0.717, 1.165) is 49.3 Å². The molecule has 0 atom stereocenters. The first-order valence-corrected chi connectivity index (χ1v) is 10.6. The molecule has 0 aliphatic carbocycles. The van der Waals surface area contributed by atoms with Gasteiger partial charge in [0.2, 0.25) is 0 Å². The van der Waals surface area contributed by atoms with Crippen LogP contribution in [0.25, 0.3) is 16.9 Å². The molecule has 1 fully saturated rings. The van der Waals surface area contributed by atoms with Gasteiger partial charge in [-0.15, -0.1) is 0 Å². The second-order valence-corrected chi connectivity index (χ2v) is 8.29. The first-order chi connectivity index (χ1) is 14.5. The summed E-state index contributed by atoms with van der Waals surface area (Å²) in [7, 11) is 3.24. The average molecular weight is 411 g/mol. The number of rotatable bonds is 6. The maximum absolute atomic E-state index is 12.7. The van der Waals surface area contributed by atoms with Gasteiger partial charge in [-0.25, -0.2) is 9.50 Å². The van der Waals surface area contributed by atoms with E-state index in [1.807, 2.05) is 24.3 Å². The van der Waals surface area contributed by atoms with E-state index in [1.54, 1.807) is 20.3 Å². The number of H-pyrrole nitrogens is 1. The molecule has 4 rings (SSSR count). The van der Waals surface area contributed by atoms with Gasteiger partial charge < -0.3 is 14.4 Å². The molecule has 0 spiro atoms. The van der Waals surface area contributed by atoms with Crippen LogP contribution in [-0.4, -0.2) is 52.8 Å². The fourth-order valence-corrected chi connectivity index (χ4v) is 4.27. The number of benzene rings is 1. The van der Waals surface area contributed by atoms with Gasteiger partial charge in [0.25, 0.3) is 5.56 Å². The molecule has 30 heavy (non-hydrogen) atoms. The van der Waals surface area contributed by atoms with Gasteiger partial charge in [0.15, 0.2) is 5.65 Å². The first kappa shape index (κ1) is 20.5. The van der Waals surface area contributed by atoms with Gasteiger partial charge in [0.05, 0.1) is 19.9 Å². The van der Waals surface area contributed by atoms with Crippen molar-refractivity contribution in [2.24, 2.45) is 5.92 Å². The Morgan fingerprint density at radius 1 is 1.13 bits per heavy atom. The van der Waals surface area contributed by atoms with Crippen molar-refractivity contribution in [3.63, 3.8) is 0 Å². The van der Waals surface area contributed by atoms with Crippen molar-refractivity contribution in [2.45, 2.75) is 39.2 Å². The highest BCUT2D eigenvalue weighted by Crippen LogP contribution is 2.32. The van der Waals surface area contributed by atoms with Gasteiger partial charge in [-0.05, 0) is 64.3 Å². The molecule has 0 radical (unpaired) electrons. The molecule has 0 unspecified atom stereocenters. The van der Waals surface area contributed by atoms with E-state index >= 15 is 0 Å². The summed E-state index contributed by atoms with van der Waals surface area (Å²) in [5, 5.41) is 3.16. The Hall–Kier alpha value is -2.80. The van der Waals surface area contributed by atoms with Crippen LogP contribution in [-0.2, 0) is 6.42 Å². The molecule has 1 aliphatic heterocycles. The largest absolute Gasteiger partial charge is 0.497 e. The Labute approximate surface area is 176 Å². The number of aromatic amines is 1. The molecule has 0 saturated carbocycles. The third kappa shape index (κ3) is 4.07. The minimum atomic E-state index is -0.0895. The lowest BCUT2D eigenvalue weighted by atomic mass is 9.91. The molecule has 160 valence electrons. The monoisotopic (exact) mass is 410 g/mol. The summed E-state index contributed by atoms with van der Waals surface area (Å²) in [6.07, 6.45) is 3.16. The second-order valence-electron chi connectivity index (χ2n) is 8.29. The standard InChI is InChI=1S/C23H30N4O3/c1-15(2)26-9-7-16(8-10-26)11-17-12-23(28)27-22(24-17)14-20(25-27)19-6-5-18(29-3)13-21(19)30-4/h5-6,12-16,25H,7-11H2,1-4H3. The summed E-state index contributed by atoms with van der Waals surface area (Å²) in [6, 6.07) is 9.76. The zero-order chi connectivity index (χ0) is 21.3. The number of piperidine rings is 1. The Kier molecular flexibility index (Phi) is 5.81. The molecule has 0 amide bonds. The molecule has 0 bridgehead atoms. The van der Waals surface area contributed by atoms with Crippen LogP contribution in [0.1, 0.15) is 32.4 Å². The van der Waals surface area contributed by atoms with Crippen LogP contribution >= 0.6 is 0 Å². The summed E-state index contributed by atoms with van der Waals surface area (Å²) in [6.45, 7) is 6.74. The van der Waals surface area contributed by atoms with Crippen LogP contribution < -0.4 is 15.0 Å². The lowest BCUT2D eigenvalue weighted by Gasteiger charge is -2.34. The van der Waals surface area contributed by atoms with Crippen molar-refractivity contribution in [3.8, 4) is 22.8 Å². The predicted molar refractivity (Wildman–Crippen MR) is 117 cm³/mol. The molecule has 3 heterocycles. The Balaban J connectivity index is 1.59. The van der Waals surface area contributed by atoms with Crippen LogP contribution in [0.15, 0.2) is 35.1 Å². The normalized spacial score (nSPS) is 15.8. The molecule has 7 heteroatoms. The summed E-state index contributed by atoms with van der Waals surface area (Å²) in [5.74, 6) is 1.97. The van der Waals surface area contributed by atoms with Crippen molar-refractivity contribution in [2.75, 3.05) is 27.3 Å². The summed E-state index contributed by atoms with van der Waals surface area (Å²) in [4.78, 5) is 20.0. The highest BCUT2D eigenvalue weighted by Gasteiger charge is 2.22. The van der Waals surface area contributed by atoms with Crippen LogP contribution in [0.4, 0.5) is 0 Å². The van der Waals surface area contributed by atoms with Gasteiger partial charge in [0, 0.05) is 35.5 Å². The highest BCUT2D eigenvalue weighted by molar-refractivity contribution is 5.71. The zero-order valence-electron chi connectivity index (χ0n) is 18.1. The molecule has 1 aliphatic rings. The van der Waals surface area contributed by atoms with Gasteiger partial charge in [-0.3, -0.25) is 9.89 Å². The van der Waals surface area contributed by atoms with E-state index in [4.69, 9.17) is 14.5 Å². The number of hydrogen-bond donors (Lipinski definition) is 1. The number of methoxy groups -OCH3 is 2. The molecule has 1 saturated heterocycles. The SMILES string of the molecule is COc1ccc(-c2cc3nc(CC4CCN(C(C)C)CC4)cc(=O)n3[nH]2)c(OC)c1. The zero-order valence-corrected chi connectivity index (χ0v) is 18.1. The van der Waals surface area contributed by atoms with E-state index in [1.165, 1.54) is 4.52 Å². The van der Waals surface area contributed by atoms with Crippen molar-refractivity contribution in [1.29, 1.82) is 0 Å². The second kappa shape index (κ2) is 8.52. The topological polar surface area (TPSA) is 71.9 Å². The molecular formula is C23H30N4O3. The predicted octanol–water partition coefficient (Wildman–Crippen LogP) is 3.37. The third-order valence-electron chi connectivity index (χ3n) is 6.08. The van der Waals surface area contributed by atoms with E-state index < -0.39 is 0 Å². The van der Waals surface area contributed by atoms with Crippen molar-refractivity contribution in [3.05, 3.63) is 46.4 Å². The number of aromatic nitrogens is 3. The first-order valence-electron chi connectivity index (χ1n) is 10.6. The summed E-state index contributed by atoms with van der Waals surface area (Å²) < 4.78 is 12.3. The molecule has 7 nitrogen and oxygen atoms in total. The number of hydrogen-bond acceptors (Lipinski definition) is 5. The number of likely N-dealkylation sites (tertiary alicyclic amines) is 1. The third-order valence-corrected chi connectivity index (χ3v) is 6.08. The van der Waals surface area contributed by atoms with Crippen molar-refractivity contribution in [1.82, 2.24) is 19.5 Å². The van der Waals surface area contributed by atoms with Gasteiger partial charge >= 0.3 is 0 Å². The average Bonchev–Trinajstić information content (AvgIpc) is 3.18. The maximum Gasteiger partial charge on any atom is 0.272 e. The number of ether oxygens (including phenoxy) is 2. The molecular weight excluding hydrogens is 380 g/mol. The highest BCUT2D eigenvalue weighted by atomic mass is 16.5. The smallest absolute Gasteiger partial charge is 0.272 e. The van der Waals surface area contributed by atoms with E-state index in [0.29, 0.717) is 29.1 Å². The van der Waals surface area contributed by atoms with Gasteiger partial charge in [0.1, 0.15) is 11.5 Å². The number of nitrogens with zero attached hydrogens (tertiary/aromatic N) is 3. The number of nitrogens with one attached hydrogen (secondary N) is 1. The lowest BCUT2D eigenvalue weighted by Crippen LogP contribution is -2.39. The summed E-state index contributed by atoms with van der Waals surface area (Å²) >= 11 is 0. The molecule has 3 aromatic rings. The van der Waals surface area contributed by atoms with Gasteiger partial charge in [-0.2, -0.15) is 0 Å². The Morgan fingerprint density at radius 3 is 2.57 bits per heavy atom. The van der Waals surface area contributed by atoms with Crippen LogP contribution in [0.3, 0.4) is 0 Å². The van der Waals surface area contributed by atoms with E-state index in [9.17, 15) is 4.79 Å². The van der Waals surface area contributed by atoms with Crippen LogP contribution in [0, 0.1) is 5.92 Å². The van der Waals surface area contributed by atoms with E-state index in [2.05, 4.69) is 23.8 Å². The lowest BCUT2D eigenvalue weighted by molar-refractivity contribution is 0.149. The quantitative estimate of drug-likeness (QED) is 0.675. The minimum Gasteiger partial charge on any atom is -0.497 e. The van der Waals surface area contributed by atoms with Crippen LogP contribution in [0.2, 0.25) is 0 Å². The van der Waals surface area contributed by atoms with Crippen molar-refractivity contribution >= 4 is 5.65 Å². The van der Waals surface area contributed by atoms with E-state index in [-0.39, 0.29) is 5.56 Å². The minimum absolute atomic E-state index is 0.0895. The maximum atomic E-state index is 12.7. The Morgan fingerprint density at radius 2 is 1.90 bits per heavy atom. The molecule has 2 aromatic heterocycles. The molecule has 1 aromatic carbocycles. The number of fused-ring (bicyclic) bond motifs is 1. The van der Waals surface area contributed by atoms with Crippen LogP contribution in [0.5, 0.6) is 11.5 Å². The fraction of sp³-hybridized carbons (Fsp3) is 0.478. The Bertz CT molecular complexity index is 1080. The van der Waals surface area contributed by atoms with Crippen molar-refractivity contribution < 1.29 is 9.47 Å². The molecule has 1 N–H and O–H groups in total. The van der Waals surface area contributed by atoms with Gasteiger partial charge in [-0.1, -0.05) is 0 Å².